The average Bonchev–Trinajstić information content (AvgIpc) is 2.61. The minimum atomic E-state index is -3.45. The van der Waals surface area contributed by atoms with Crippen LogP contribution in [-0.4, -0.2) is 48.9 Å². The summed E-state index contributed by atoms with van der Waals surface area (Å²) in [6, 6.07) is 7.05. The largest absolute Gasteiger partial charge is 0.354 e. The second-order valence-electron chi connectivity index (χ2n) is 7.45. The molecule has 0 spiro atoms. The molecule has 2 aromatic rings. The number of aryl methyl sites for hydroxylation is 3. The summed E-state index contributed by atoms with van der Waals surface area (Å²) in [4.78, 5) is 11.7. The molecule has 0 amide bonds. The molecule has 0 aliphatic carbocycles. The highest BCUT2D eigenvalue weighted by Crippen LogP contribution is 2.29. The Kier molecular flexibility index (Phi) is 5.53. The van der Waals surface area contributed by atoms with Crippen molar-refractivity contribution in [2.75, 3.05) is 31.1 Å². The van der Waals surface area contributed by atoms with E-state index in [4.69, 9.17) is 0 Å². The van der Waals surface area contributed by atoms with E-state index in [-0.39, 0.29) is 0 Å². The third kappa shape index (κ3) is 3.99. The average molecular weight is 389 g/mol. The predicted octanol–water partition coefficient (Wildman–Crippen LogP) is 3.04. The molecule has 0 saturated carbocycles. The molecule has 3 rings (SSSR count). The number of aromatic nitrogens is 2. The highest BCUT2D eigenvalue weighted by Gasteiger charge is 2.30. The normalized spacial score (nSPS) is 16.1. The Balaban J connectivity index is 1.81. The van der Waals surface area contributed by atoms with Gasteiger partial charge < -0.3 is 4.90 Å². The Morgan fingerprint density at radius 1 is 0.926 bits per heavy atom. The van der Waals surface area contributed by atoms with Crippen molar-refractivity contribution in [1.82, 2.24) is 14.3 Å². The zero-order valence-corrected chi connectivity index (χ0v) is 17.5. The van der Waals surface area contributed by atoms with Crippen LogP contribution in [0.4, 0.5) is 5.82 Å². The van der Waals surface area contributed by atoms with E-state index < -0.39 is 10.0 Å². The Morgan fingerprint density at radius 3 is 2.07 bits per heavy atom. The van der Waals surface area contributed by atoms with Crippen LogP contribution >= 0.6 is 0 Å². The quantitative estimate of drug-likeness (QED) is 0.805. The fourth-order valence-corrected chi connectivity index (χ4v) is 5.04. The lowest BCUT2D eigenvalue weighted by molar-refractivity contribution is 0.383. The lowest BCUT2D eigenvalue weighted by atomic mass is 10.0. The van der Waals surface area contributed by atoms with Crippen molar-refractivity contribution >= 4 is 15.8 Å². The highest BCUT2D eigenvalue weighted by molar-refractivity contribution is 7.89. The fraction of sp³-hybridized carbons (Fsp3) is 0.500. The molecule has 1 aliphatic heterocycles. The summed E-state index contributed by atoms with van der Waals surface area (Å²) in [5.74, 6) is 2.01. The van der Waals surface area contributed by atoms with Crippen LogP contribution in [0.25, 0.3) is 0 Å². The summed E-state index contributed by atoms with van der Waals surface area (Å²) >= 11 is 0. The van der Waals surface area contributed by atoms with E-state index in [1.807, 2.05) is 32.9 Å². The van der Waals surface area contributed by atoms with Crippen LogP contribution < -0.4 is 4.90 Å². The smallest absolute Gasteiger partial charge is 0.243 e. The molecular formula is C20H28N4O2S. The molecule has 146 valence electrons. The first-order chi connectivity index (χ1) is 12.7. The molecule has 1 saturated heterocycles. The number of anilines is 1. The van der Waals surface area contributed by atoms with E-state index >= 15 is 0 Å². The minimum absolute atomic E-state index is 0.315. The summed E-state index contributed by atoms with van der Waals surface area (Å²) in [5, 5.41) is 0. The maximum atomic E-state index is 12.9. The van der Waals surface area contributed by atoms with Crippen molar-refractivity contribution in [3.8, 4) is 0 Å². The Morgan fingerprint density at radius 2 is 1.52 bits per heavy atom. The Bertz CT molecular complexity index is 916. The molecule has 0 radical (unpaired) electrons. The summed E-state index contributed by atoms with van der Waals surface area (Å²) in [7, 11) is -3.45. The van der Waals surface area contributed by atoms with Crippen molar-refractivity contribution in [2.45, 2.75) is 45.4 Å². The minimum Gasteiger partial charge on any atom is -0.354 e. The Hall–Kier alpha value is -1.99. The Labute approximate surface area is 162 Å². The molecule has 27 heavy (non-hydrogen) atoms. The van der Waals surface area contributed by atoms with Crippen molar-refractivity contribution in [3.63, 3.8) is 0 Å². The number of hydrogen-bond donors (Lipinski definition) is 0. The molecule has 0 atom stereocenters. The van der Waals surface area contributed by atoms with Gasteiger partial charge in [0, 0.05) is 37.4 Å². The maximum absolute atomic E-state index is 12.9. The van der Waals surface area contributed by atoms with Crippen molar-refractivity contribution in [3.05, 3.63) is 46.9 Å². The predicted molar refractivity (Wildman–Crippen MR) is 108 cm³/mol. The molecule has 2 heterocycles. The molecule has 1 aliphatic rings. The van der Waals surface area contributed by atoms with E-state index in [2.05, 4.69) is 28.7 Å². The molecule has 1 aromatic carbocycles. The van der Waals surface area contributed by atoms with Crippen LogP contribution in [0.1, 0.15) is 42.4 Å². The first-order valence-electron chi connectivity index (χ1n) is 9.37. The van der Waals surface area contributed by atoms with Crippen LogP contribution in [0.2, 0.25) is 0 Å². The number of nitrogens with zero attached hydrogens (tertiary/aromatic N) is 4. The standard InChI is InChI=1S/C20H28N4O2S/c1-14(2)19-16(4)21-17(5)22-20(19)23-10-12-24(13-11-23)27(25,26)18-8-6-15(3)7-9-18/h6-9,14H,10-13H2,1-5H3. The van der Waals surface area contributed by atoms with Gasteiger partial charge in [-0.2, -0.15) is 4.31 Å². The van der Waals surface area contributed by atoms with Crippen molar-refractivity contribution in [2.24, 2.45) is 0 Å². The van der Waals surface area contributed by atoms with Gasteiger partial charge in [0.15, 0.2) is 0 Å². The molecule has 0 bridgehead atoms. The van der Waals surface area contributed by atoms with E-state index in [0.717, 1.165) is 28.5 Å². The SMILES string of the molecule is Cc1ccc(S(=O)(=O)N2CCN(c3nc(C)nc(C)c3C(C)C)CC2)cc1. The first-order valence-corrected chi connectivity index (χ1v) is 10.8. The van der Waals surface area contributed by atoms with Gasteiger partial charge in [0.05, 0.1) is 4.90 Å². The molecule has 0 unspecified atom stereocenters. The lowest BCUT2D eigenvalue weighted by Gasteiger charge is -2.36. The zero-order chi connectivity index (χ0) is 19.8. The van der Waals surface area contributed by atoms with Gasteiger partial charge in [-0.15, -0.1) is 0 Å². The molecule has 0 N–H and O–H groups in total. The van der Waals surface area contributed by atoms with Gasteiger partial charge in [0.2, 0.25) is 10.0 Å². The topological polar surface area (TPSA) is 66.4 Å². The number of sulfonamides is 1. The third-order valence-corrected chi connectivity index (χ3v) is 6.92. The first kappa shape index (κ1) is 19.8. The summed E-state index contributed by atoms with van der Waals surface area (Å²) < 4.78 is 27.4. The maximum Gasteiger partial charge on any atom is 0.243 e. The molecule has 6 nitrogen and oxygen atoms in total. The van der Waals surface area contributed by atoms with Crippen molar-refractivity contribution in [1.29, 1.82) is 0 Å². The molecular weight excluding hydrogens is 360 g/mol. The van der Waals surface area contributed by atoms with Crippen LogP contribution in [0, 0.1) is 20.8 Å². The number of hydrogen-bond acceptors (Lipinski definition) is 5. The van der Waals surface area contributed by atoms with E-state index in [1.54, 1.807) is 16.4 Å². The summed E-state index contributed by atoms with van der Waals surface area (Å²) in [6.07, 6.45) is 0. The van der Waals surface area contributed by atoms with Gasteiger partial charge in [0.25, 0.3) is 0 Å². The van der Waals surface area contributed by atoms with Crippen LogP contribution in [0.5, 0.6) is 0 Å². The molecule has 7 heteroatoms. The zero-order valence-electron chi connectivity index (χ0n) is 16.7. The number of benzene rings is 1. The van der Waals surface area contributed by atoms with E-state index in [1.165, 1.54) is 0 Å². The molecule has 1 fully saturated rings. The lowest BCUT2D eigenvalue weighted by Crippen LogP contribution is -2.49. The fourth-order valence-electron chi connectivity index (χ4n) is 3.62. The second-order valence-corrected chi connectivity index (χ2v) is 9.39. The van der Waals surface area contributed by atoms with E-state index in [0.29, 0.717) is 37.0 Å². The third-order valence-electron chi connectivity index (χ3n) is 5.00. The highest BCUT2D eigenvalue weighted by atomic mass is 32.2. The summed E-state index contributed by atoms with van der Waals surface area (Å²) in [6.45, 7) is 12.3. The number of piperazine rings is 1. The van der Waals surface area contributed by atoms with Crippen LogP contribution in [-0.2, 0) is 10.0 Å². The summed E-state index contributed by atoms with van der Waals surface area (Å²) in [5.41, 5.74) is 3.20. The van der Waals surface area contributed by atoms with Crippen molar-refractivity contribution < 1.29 is 8.42 Å². The van der Waals surface area contributed by atoms with Crippen LogP contribution in [0.3, 0.4) is 0 Å². The molecule has 1 aromatic heterocycles. The van der Waals surface area contributed by atoms with Crippen LogP contribution in [0.15, 0.2) is 29.2 Å². The second kappa shape index (κ2) is 7.56. The van der Waals surface area contributed by atoms with Gasteiger partial charge in [-0.05, 0) is 38.8 Å². The number of rotatable bonds is 4. The van der Waals surface area contributed by atoms with Gasteiger partial charge in [-0.3, -0.25) is 0 Å². The van der Waals surface area contributed by atoms with Gasteiger partial charge >= 0.3 is 0 Å². The van der Waals surface area contributed by atoms with Gasteiger partial charge in [-0.1, -0.05) is 31.5 Å². The van der Waals surface area contributed by atoms with Gasteiger partial charge in [-0.25, -0.2) is 18.4 Å². The van der Waals surface area contributed by atoms with E-state index in [9.17, 15) is 8.42 Å². The monoisotopic (exact) mass is 388 g/mol. The van der Waals surface area contributed by atoms with Gasteiger partial charge in [0.1, 0.15) is 11.6 Å².